The van der Waals surface area contributed by atoms with Crippen LogP contribution >= 0.6 is 0 Å². The molecule has 0 spiro atoms. The van der Waals surface area contributed by atoms with Gasteiger partial charge in [0.1, 0.15) is 5.75 Å². The van der Waals surface area contributed by atoms with Gasteiger partial charge < -0.3 is 14.7 Å². The summed E-state index contributed by atoms with van der Waals surface area (Å²) in [6.45, 7) is 12.5. The van der Waals surface area contributed by atoms with Gasteiger partial charge in [0.15, 0.2) is 0 Å². The van der Waals surface area contributed by atoms with Gasteiger partial charge in [-0.1, -0.05) is 58.0 Å². The summed E-state index contributed by atoms with van der Waals surface area (Å²) in [5.74, 6) is 0.372. The molecule has 1 saturated heterocycles. The molecule has 1 aliphatic carbocycles. The lowest BCUT2D eigenvalue weighted by molar-refractivity contribution is 0.122. The molecule has 0 atom stereocenters. The van der Waals surface area contributed by atoms with Crippen molar-refractivity contribution >= 4 is 16.5 Å². The van der Waals surface area contributed by atoms with Crippen molar-refractivity contribution < 1.29 is 9.84 Å². The van der Waals surface area contributed by atoms with E-state index in [4.69, 9.17) is 4.74 Å². The van der Waals surface area contributed by atoms with Gasteiger partial charge in [-0.05, 0) is 56.7 Å². The maximum atomic E-state index is 11.1. The van der Waals surface area contributed by atoms with E-state index in [2.05, 4.69) is 75.1 Å². The number of hydrogen-bond donors (Lipinski definition) is 1. The van der Waals surface area contributed by atoms with Crippen LogP contribution in [0.3, 0.4) is 0 Å². The average Bonchev–Trinajstić information content (AvgIpc) is 2.73. The molecule has 1 fully saturated rings. The van der Waals surface area contributed by atoms with E-state index in [1.807, 2.05) is 6.07 Å². The van der Waals surface area contributed by atoms with E-state index in [1.165, 1.54) is 22.3 Å². The van der Waals surface area contributed by atoms with Gasteiger partial charge in [-0.15, -0.1) is 0 Å². The van der Waals surface area contributed by atoms with E-state index in [9.17, 15) is 5.11 Å². The predicted octanol–water partition coefficient (Wildman–Crippen LogP) is 5.62. The molecule has 2 aliphatic rings. The lowest BCUT2D eigenvalue weighted by Crippen LogP contribution is -2.43. The van der Waals surface area contributed by atoms with Crippen LogP contribution in [0.2, 0.25) is 0 Å². The third-order valence-electron chi connectivity index (χ3n) is 7.58. The fraction of sp³-hybridized carbons (Fsp3) is 0.385. The summed E-state index contributed by atoms with van der Waals surface area (Å²) < 4.78 is 5.50. The van der Waals surface area contributed by atoms with Crippen molar-refractivity contribution in [2.45, 2.75) is 38.5 Å². The Labute approximate surface area is 172 Å². The number of fused-ring (bicyclic) bond motifs is 5. The van der Waals surface area contributed by atoms with Gasteiger partial charge in [0.2, 0.25) is 0 Å². The number of benzene rings is 3. The number of anilines is 1. The average molecular weight is 388 g/mol. The summed E-state index contributed by atoms with van der Waals surface area (Å²) in [5, 5.41) is 13.1. The number of phenolic OH excluding ortho intramolecular Hbond substituents is 1. The smallest absolute Gasteiger partial charge is 0.123 e. The number of aromatic hydroxyl groups is 1. The minimum atomic E-state index is -0.106. The molecule has 150 valence electrons. The molecule has 5 rings (SSSR count). The van der Waals surface area contributed by atoms with Crippen LogP contribution in [-0.2, 0) is 15.6 Å². The second-order valence-electron chi connectivity index (χ2n) is 9.44. The Morgan fingerprint density at radius 2 is 1.52 bits per heavy atom. The maximum absolute atomic E-state index is 11.1. The second-order valence-corrected chi connectivity index (χ2v) is 9.44. The van der Waals surface area contributed by atoms with Crippen molar-refractivity contribution in [1.29, 1.82) is 0 Å². The van der Waals surface area contributed by atoms with Crippen molar-refractivity contribution in [3.05, 3.63) is 59.7 Å². The van der Waals surface area contributed by atoms with Gasteiger partial charge in [-0.3, -0.25) is 0 Å². The number of ether oxygens (including phenoxy) is 1. The minimum absolute atomic E-state index is 0.0373. The Balaban J connectivity index is 1.80. The normalized spacial score (nSPS) is 19.7. The van der Waals surface area contributed by atoms with Crippen LogP contribution in [0, 0.1) is 0 Å². The highest BCUT2D eigenvalue weighted by Crippen LogP contribution is 2.56. The Hall–Kier alpha value is -2.52. The van der Waals surface area contributed by atoms with Crippen LogP contribution < -0.4 is 4.90 Å². The summed E-state index contributed by atoms with van der Waals surface area (Å²) in [6, 6.07) is 17.3. The summed E-state index contributed by atoms with van der Waals surface area (Å²) in [4.78, 5) is 2.34. The molecule has 3 aromatic rings. The molecular formula is C26H29NO2. The molecule has 3 aromatic carbocycles. The van der Waals surface area contributed by atoms with E-state index in [-0.39, 0.29) is 10.8 Å². The quantitative estimate of drug-likeness (QED) is 0.588. The largest absolute Gasteiger partial charge is 0.507 e. The summed E-state index contributed by atoms with van der Waals surface area (Å²) in [7, 11) is 0. The Bertz CT molecular complexity index is 1110. The highest BCUT2D eigenvalue weighted by atomic mass is 16.5. The van der Waals surface area contributed by atoms with E-state index in [1.54, 1.807) is 0 Å². The molecule has 3 heteroatoms. The maximum Gasteiger partial charge on any atom is 0.123 e. The van der Waals surface area contributed by atoms with E-state index in [0.29, 0.717) is 5.75 Å². The second kappa shape index (κ2) is 6.24. The van der Waals surface area contributed by atoms with Crippen LogP contribution in [0.25, 0.3) is 21.9 Å². The number of hydrogen-bond acceptors (Lipinski definition) is 3. The van der Waals surface area contributed by atoms with Crippen LogP contribution in [0.4, 0.5) is 5.69 Å². The van der Waals surface area contributed by atoms with Crippen molar-refractivity contribution in [3.63, 3.8) is 0 Å². The molecule has 0 aromatic heterocycles. The van der Waals surface area contributed by atoms with E-state index < -0.39 is 0 Å². The zero-order chi connectivity index (χ0) is 20.4. The van der Waals surface area contributed by atoms with Crippen molar-refractivity contribution in [3.8, 4) is 16.9 Å². The number of phenols is 1. The Morgan fingerprint density at radius 3 is 2.28 bits per heavy atom. The first-order valence-corrected chi connectivity index (χ1v) is 10.5. The van der Waals surface area contributed by atoms with Crippen molar-refractivity contribution in [2.75, 3.05) is 31.2 Å². The zero-order valence-corrected chi connectivity index (χ0v) is 17.7. The van der Waals surface area contributed by atoms with Gasteiger partial charge in [-0.25, -0.2) is 0 Å². The molecule has 0 radical (unpaired) electrons. The topological polar surface area (TPSA) is 32.7 Å². The highest BCUT2D eigenvalue weighted by molar-refractivity contribution is 6.05. The van der Waals surface area contributed by atoms with Crippen LogP contribution in [0.15, 0.2) is 48.5 Å². The molecule has 0 unspecified atom stereocenters. The van der Waals surface area contributed by atoms with Crippen LogP contribution in [-0.4, -0.2) is 31.4 Å². The molecule has 0 saturated carbocycles. The zero-order valence-electron chi connectivity index (χ0n) is 17.7. The summed E-state index contributed by atoms with van der Waals surface area (Å²) in [5.41, 5.74) is 6.17. The van der Waals surface area contributed by atoms with Gasteiger partial charge in [-0.2, -0.15) is 0 Å². The number of morpholine rings is 1. The lowest BCUT2D eigenvalue weighted by atomic mass is 9.55. The van der Waals surface area contributed by atoms with Gasteiger partial charge in [0.05, 0.1) is 13.2 Å². The molecule has 0 bridgehead atoms. The van der Waals surface area contributed by atoms with Crippen molar-refractivity contribution in [2.24, 2.45) is 0 Å². The van der Waals surface area contributed by atoms with Gasteiger partial charge in [0.25, 0.3) is 0 Å². The third kappa shape index (κ3) is 2.53. The molecular weight excluding hydrogens is 358 g/mol. The van der Waals surface area contributed by atoms with E-state index >= 15 is 0 Å². The highest BCUT2D eigenvalue weighted by Gasteiger charge is 2.46. The van der Waals surface area contributed by atoms with Crippen molar-refractivity contribution in [1.82, 2.24) is 0 Å². The Morgan fingerprint density at radius 1 is 0.828 bits per heavy atom. The van der Waals surface area contributed by atoms with E-state index in [0.717, 1.165) is 42.8 Å². The fourth-order valence-corrected chi connectivity index (χ4v) is 5.11. The Kier molecular flexibility index (Phi) is 3.98. The van der Waals surface area contributed by atoms with Gasteiger partial charge >= 0.3 is 0 Å². The fourth-order valence-electron chi connectivity index (χ4n) is 5.11. The molecule has 3 nitrogen and oxygen atoms in total. The molecule has 1 N–H and O–H groups in total. The SMILES string of the molecule is CC1(C)c2ccccc2-c2c(cc(O)c3cc(N4CCOCC4)ccc23)C1(C)C. The first kappa shape index (κ1) is 18.5. The first-order chi connectivity index (χ1) is 13.8. The van der Waals surface area contributed by atoms with Gasteiger partial charge in [0, 0.05) is 24.2 Å². The van der Waals surface area contributed by atoms with Crippen LogP contribution in [0.1, 0.15) is 38.8 Å². The predicted molar refractivity (Wildman–Crippen MR) is 120 cm³/mol. The summed E-state index contributed by atoms with van der Waals surface area (Å²) >= 11 is 0. The monoisotopic (exact) mass is 387 g/mol. The summed E-state index contributed by atoms with van der Waals surface area (Å²) in [6.07, 6.45) is 0. The number of nitrogens with zero attached hydrogens (tertiary/aromatic N) is 1. The molecule has 0 amide bonds. The lowest BCUT2D eigenvalue weighted by Gasteiger charge is -2.48. The molecule has 1 heterocycles. The molecule has 29 heavy (non-hydrogen) atoms. The number of rotatable bonds is 1. The third-order valence-corrected chi connectivity index (χ3v) is 7.58. The first-order valence-electron chi connectivity index (χ1n) is 10.5. The standard InChI is InChI=1S/C26H29NO2/c1-25(2)21-8-6-5-7-19(21)24-18-10-9-17(27-11-13-29-14-12-27)15-20(18)23(28)16-22(24)26(25,3)4/h5-10,15-16,28H,11-14H2,1-4H3. The molecule has 1 aliphatic heterocycles. The van der Waals surface area contributed by atoms with Crippen LogP contribution in [0.5, 0.6) is 5.75 Å². The minimum Gasteiger partial charge on any atom is -0.507 e.